The second-order valence-corrected chi connectivity index (χ2v) is 6.32. The van der Waals surface area contributed by atoms with E-state index in [0.29, 0.717) is 12.2 Å². The molecule has 2 heterocycles. The van der Waals surface area contributed by atoms with Crippen molar-refractivity contribution >= 4 is 23.1 Å². The van der Waals surface area contributed by atoms with E-state index >= 15 is 0 Å². The van der Waals surface area contributed by atoms with Crippen molar-refractivity contribution in [1.29, 1.82) is 0 Å². The van der Waals surface area contributed by atoms with Crippen LogP contribution in [-0.2, 0) is 0 Å². The third kappa shape index (κ3) is 3.96. The summed E-state index contributed by atoms with van der Waals surface area (Å²) in [4.78, 5) is 18.0. The molecule has 124 valence electrons. The highest BCUT2D eigenvalue weighted by molar-refractivity contribution is 7.09. The molecule has 0 aliphatic rings. The van der Waals surface area contributed by atoms with Gasteiger partial charge in [-0.15, -0.1) is 11.3 Å². The van der Waals surface area contributed by atoms with Crippen molar-refractivity contribution in [2.24, 2.45) is 0 Å². The third-order valence-electron chi connectivity index (χ3n) is 3.40. The molecule has 1 atom stereocenters. The van der Waals surface area contributed by atoms with Crippen LogP contribution >= 0.6 is 11.3 Å². The van der Waals surface area contributed by atoms with E-state index in [1.165, 1.54) is 4.80 Å². The van der Waals surface area contributed by atoms with E-state index in [2.05, 4.69) is 25.8 Å². The minimum atomic E-state index is -0.236. The monoisotopic (exact) mass is 342 g/mol. The van der Waals surface area contributed by atoms with E-state index < -0.39 is 0 Å². The Kier molecular flexibility index (Phi) is 4.85. The third-order valence-corrected chi connectivity index (χ3v) is 4.60. The van der Waals surface area contributed by atoms with Gasteiger partial charge in [0.25, 0.3) is 0 Å². The second-order valence-electron chi connectivity index (χ2n) is 5.43. The van der Waals surface area contributed by atoms with Gasteiger partial charge in [-0.25, -0.2) is 9.78 Å². The van der Waals surface area contributed by atoms with Crippen LogP contribution in [0, 0.1) is 6.92 Å². The molecule has 0 radical (unpaired) electrons. The number of aromatic nitrogens is 4. The molecule has 1 aromatic carbocycles. The molecule has 0 spiro atoms. The number of hydrogen-bond donors (Lipinski definition) is 2. The summed E-state index contributed by atoms with van der Waals surface area (Å²) < 4.78 is 0. The quantitative estimate of drug-likeness (QED) is 0.746. The normalized spacial score (nSPS) is 11.9. The average molecular weight is 342 g/mol. The predicted molar refractivity (Wildman–Crippen MR) is 93.6 cm³/mol. The van der Waals surface area contributed by atoms with Crippen LogP contribution in [0.2, 0.25) is 0 Å². The molecule has 2 amide bonds. The number of hydrogen-bond acceptors (Lipinski definition) is 5. The summed E-state index contributed by atoms with van der Waals surface area (Å²) in [6.45, 7) is 4.55. The first kappa shape index (κ1) is 16.1. The Balaban J connectivity index is 1.51. The van der Waals surface area contributed by atoms with Crippen LogP contribution in [-0.4, -0.2) is 32.6 Å². The Hall–Kier alpha value is -2.74. The highest BCUT2D eigenvalue weighted by Crippen LogP contribution is 2.19. The lowest BCUT2D eigenvalue weighted by molar-refractivity contribution is 0.251. The van der Waals surface area contributed by atoms with Gasteiger partial charge in [0, 0.05) is 29.2 Å². The van der Waals surface area contributed by atoms with Gasteiger partial charge in [0.1, 0.15) is 0 Å². The van der Waals surface area contributed by atoms with Gasteiger partial charge in [-0.05, 0) is 31.2 Å². The van der Waals surface area contributed by atoms with Crippen LogP contribution in [0.15, 0.2) is 42.0 Å². The summed E-state index contributed by atoms with van der Waals surface area (Å²) in [7, 11) is 0. The van der Waals surface area contributed by atoms with Crippen molar-refractivity contribution in [3.05, 3.63) is 52.7 Å². The van der Waals surface area contributed by atoms with Gasteiger partial charge in [0.2, 0.25) is 0 Å². The number of benzene rings is 1. The summed E-state index contributed by atoms with van der Waals surface area (Å²) in [5.41, 5.74) is 2.55. The Bertz CT molecular complexity index is 796. The van der Waals surface area contributed by atoms with E-state index in [1.54, 1.807) is 23.7 Å². The molecule has 2 N–H and O–H groups in total. The molecule has 7 nitrogen and oxygen atoms in total. The Labute approximate surface area is 143 Å². The molecule has 0 unspecified atom stereocenters. The largest absolute Gasteiger partial charge is 0.337 e. The van der Waals surface area contributed by atoms with E-state index in [-0.39, 0.29) is 11.9 Å². The first-order chi connectivity index (χ1) is 11.6. The zero-order chi connectivity index (χ0) is 16.9. The van der Waals surface area contributed by atoms with Crippen molar-refractivity contribution < 1.29 is 4.79 Å². The molecule has 0 aliphatic heterocycles. The molecular weight excluding hydrogens is 324 g/mol. The fraction of sp³-hybridized carbons (Fsp3) is 0.250. The van der Waals surface area contributed by atoms with E-state index in [1.807, 2.05) is 43.5 Å². The fourth-order valence-electron chi connectivity index (χ4n) is 2.13. The predicted octanol–water partition coefficient (Wildman–Crippen LogP) is 2.96. The van der Waals surface area contributed by atoms with Crippen molar-refractivity contribution in [2.45, 2.75) is 19.8 Å². The topological polar surface area (TPSA) is 84.7 Å². The van der Waals surface area contributed by atoms with Gasteiger partial charge in [0.05, 0.1) is 23.1 Å². The lowest BCUT2D eigenvalue weighted by Gasteiger charge is -2.11. The maximum Gasteiger partial charge on any atom is 0.319 e. The van der Waals surface area contributed by atoms with Crippen molar-refractivity contribution in [3.63, 3.8) is 0 Å². The van der Waals surface area contributed by atoms with E-state index in [9.17, 15) is 4.79 Å². The zero-order valence-corrected chi connectivity index (χ0v) is 14.2. The first-order valence-electron chi connectivity index (χ1n) is 7.55. The number of anilines is 1. The Morgan fingerprint density at radius 2 is 1.96 bits per heavy atom. The molecule has 24 heavy (non-hydrogen) atoms. The SMILES string of the molecule is Cc1csc([C@@H](C)CNC(=O)Nc2ccc(-n3nccn3)cc2)n1. The maximum atomic E-state index is 12.0. The molecular formula is C16H18N6OS. The smallest absolute Gasteiger partial charge is 0.319 e. The van der Waals surface area contributed by atoms with Gasteiger partial charge < -0.3 is 10.6 Å². The average Bonchev–Trinajstić information content (AvgIpc) is 3.25. The van der Waals surface area contributed by atoms with Crippen LogP contribution < -0.4 is 10.6 Å². The minimum absolute atomic E-state index is 0.183. The first-order valence-corrected chi connectivity index (χ1v) is 8.43. The molecule has 0 aliphatic carbocycles. The van der Waals surface area contributed by atoms with E-state index in [4.69, 9.17) is 0 Å². The number of urea groups is 1. The number of carbonyl (C=O) groups is 1. The van der Waals surface area contributed by atoms with Crippen LogP contribution in [0.25, 0.3) is 5.69 Å². The number of nitrogens with zero attached hydrogens (tertiary/aromatic N) is 4. The molecule has 3 aromatic rings. The summed E-state index contributed by atoms with van der Waals surface area (Å²) in [5.74, 6) is 0.183. The molecule has 0 bridgehead atoms. The number of nitrogens with one attached hydrogen (secondary N) is 2. The number of thiazole rings is 1. The Morgan fingerprint density at radius 1 is 1.25 bits per heavy atom. The number of aryl methyl sites for hydroxylation is 1. The summed E-state index contributed by atoms with van der Waals surface area (Å²) in [6, 6.07) is 7.07. The molecule has 3 rings (SSSR count). The van der Waals surface area contributed by atoms with Crippen LogP contribution in [0.5, 0.6) is 0 Å². The second kappa shape index (κ2) is 7.22. The van der Waals surface area contributed by atoms with Crippen LogP contribution in [0.4, 0.5) is 10.5 Å². The highest BCUT2D eigenvalue weighted by Gasteiger charge is 2.11. The molecule has 0 saturated heterocycles. The summed E-state index contributed by atoms with van der Waals surface area (Å²) in [5, 5.41) is 16.8. The molecule has 8 heteroatoms. The standard InChI is InChI=1S/C16H18N6OS/c1-11(15-20-12(2)10-24-15)9-17-16(23)21-13-3-5-14(6-4-13)22-18-7-8-19-22/h3-8,10-11H,9H2,1-2H3,(H2,17,21,23)/t11-/m0/s1. The molecule has 0 saturated carbocycles. The van der Waals surface area contributed by atoms with Gasteiger partial charge in [-0.2, -0.15) is 15.0 Å². The van der Waals surface area contributed by atoms with Gasteiger partial charge in [0.15, 0.2) is 0 Å². The van der Waals surface area contributed by atoms with Crippen molar-refractivity contribution in [2.75, 3.05) is 11.9 Å². The minimum Gasteiger partial charge on any atom is -0.337 e. The van der Waals surface area contributed by atoms with Crippen molar-refractivity contribution in [1.82, 2.24) is 25.3 Å². The highest BCUT2D eigenvalue weighted by atomic mass is 32.1. The van der Waals surface area contributed by atoms with Gasteiger partial charge in [-0.1, -0.05) is 6.92 Å². The fourth-order valence-corrected chi connectivity index (χ4v) is 2.99. The van der Waals surface area contributed by atoms with Gasteiger partial charge in [-0.3, -0.25) is 0 Å². The maximum absolute atomic E-state index is 12.0. The van der Waals surface area contributed by atoms with Gasteiger partial charge >= 0.3 is 6.03 Å². The van der Waals surface area contributed by atoms with Crippen LogP contribution in [0.3, 0.4) is 0 Å². The molecule has 0 fully saturated rings. The van der Waals surface area contributed by atoms with E-state index in [0.717, 1.165) is 16.4 Å². The van der Waals surface area contributed by atoms with Crippen LogP contribution in [0.1, 0.15) is 23.5 Å². The number of rotatable bonds is 5. The molecule has 2 aromatic heterocycles. The lowest BCUT2D eigenvalue weighted by Crippen LogP contribution is -2.31. The zero-order valence-electron chi connectivity index (χ0n) is 13.4. The summed E-state index contributed by atoms with van der Waals surface area (Å²) >= 11 is 1.62. The number of amides is 2. The van der Waals surface area contributed by atoms with Crippen molar-refractivity contribution in [3.8, 4) is 5.69 Å². The number of carbonyl (C=O) groups excluding carboxylic acids is 1. The lowest BCUT2D eigenvalue weighted by atomic mass is 10.2. The summed E-state index contributed by atoms with van der Waals surface area (Å²) in [6.07, 6.45) is 3.23. The Morgan fingerprint density at radius 3 is 2.58 bits per heavy atom.